The second-order valence-corrected chi connectivity index (χ2v) is 7.17. The Hall–Kier alpha value is -2.34. The molecule has 0 aliphatic rings. The molecule has 124 valence electrons. The summed E-state index contributed by atoms with van der Waals surface area (Å²) in [4.78, 5) is 17.4. The maximum atomic E-state index is 12.2. The van der Waals surface area contributed by atoms with E-state index in [0.29, 0.717) is 26.3 Å². The highest BCUT2D eigenvalue weighted by Crippen LogP contribution is 2.27. The molecule has 0 saturated heterocycles. The number of carbonyl (C=O) groups excluding carboxylic acids is 1. The zero-order valence-electron chi connectivity index (χ0n) is 12.7. The Kier molecular flexibility index (Phi) is 4.21. The van der Waals surface area contributed by atoms with Gasteiger partial charge < -0.3 is 9.72 Å². The van der Waals surface area contributed by atoms with E-state index >= 15 is 0 Å². The number of benzene rings is 1. The van der Waals surface area contributed by atoms with Crippen molar-refractivity contribution < 1.29 is 4.79 Å². The van der Waals surface area contributed by atoms with E-state index in [0.717, 1.165) is 11.3 Å². The number of imidazole rings is 1. The van der Waals surface area contributed by atoms with Crippen LogP contribution in [0.15, 0.2) is 60.2 Å². The van der Waals surface area contributed by atoms with Crippen molar-refractivity contribution in [2.24, 2.45) is 0 Å². The average molecular weight is 388 g/mol. The molecule has 4 aromatic rings. The molecule has 0 bridgehead atoms. The largest absolute Gasteiger partial charge is 0.321 e. The van der Waals surface area contributed by atoms with Crippen molar-refractivity contribution in [3.63, 3.8) is 0 Å². The van der Waals surface area contributed by atoms with Crippen LogP contribution < -0.4 is 5.32 Å². The molecule has 3 aromatic heterocycles. The predicted octanol–water partition coefficient (Wildman–Crippen LogP) is 5.62. The molecule has 0 spiro atoms. The van der Waals surface area contributed by atoms with Gasteiger partial charge in [0.15, 0.2) is 5.65 Å². The molecule has 25 heavy (non-hydrogen) atoms. The van der Waals surface area contributed by atoms with Gasteiger partial charge in [-0.05, 0) is 29.6 Å². The van der Waals surface area contributed by atoms with Gasteiger partial charge in [-0.15, -0.1) is 11.3 Å². The molecule has 4 nitrogen and oxygen atoms in total. The van der Waals surface area contributed by atoms with E-state index < -0.39 is 0 Å². The van der Waals surface area contributed by atoms with Crippen LogP contribution in [0.25, 0.3) is 16.9 Å². The van der Waals surface area contributed by atoms with Gasteiger partial charge in [0.2, 0.25) is 0 Å². The van der Waals surface area contributed by atoms with Gasteiger partial charge in [0.05, 0.1) is 20.6 Å². The van der Waals surface area contributed by atoms with Crippen LogP contribution in [0, 0.1) is 0 Å². The summed E-state index contributed by atoms with van der Waals surface area (Å²) in [6, 6.07) is 12.8. The Labute approximate surface area is 157 Å². The van der Waals surface area contributed by atoms with Crippen LogP contribution in [-0.2, 0) is 0 Å². The number of hydrogen-bond donors (Lipinski definition) is 1. The molecule has 0 saturated carbocycles. The highest BCUT2D eigenvalue weighted by Gasteiger charge is 2.11. The molecule has 0 fully saturated rings. The number of pyridine rings is 1. The molecule has 0 atom stereocenters. The summed E-state index contributed by atoms with van der Waals surface area (Å²) in [6.45, 7) is 0. The van der Waals surface area contributed by atoms with Gasteiger partial charge >= 0.3 is 0 Å². The standard InChI is InChI=1S/C18H11Cl2N3OS/c19-12-8-14(20)17-22-15(10-23(17)9-12)11-3-1-4-13(7-11)21-18(24)16-5-2-6-25-16/h1-10H,(H,21,24). The first-order valence-electron chi connectivity index (χ1n) is 7.39. The predicted molar refractivity (Wildman–Crippen MR) is 103 cm³/mol. The monoisotopic (exact) mass is 387 g/mol. The number of carbonyl (C=O) groups is 1. The number of aromatic nitrogens is 2. The van der Waals surface area contributed by atoms with Gasteiger partial charge in [-0.3, -0.25) is 4.79 Å². The van der Waals surface area contributed by atoms with Gasteiger partial charge in [0.25, 0.3) is 5.91 Å². The van der Waals surface area contributed by atoms with Crippen LogP contribution in [0.2, 0.25) is 10.0 Å². The zero-order chi connectivity index (χ0) is 17.4. The summed E-state index contributed by atoms with van der Waals surface area (Å²) < 4.78 is 1.79. The fraction of sp³-hybridized carbons (Fsp3) is 0. The number of fused-ring (bicyclic) bond motifs is 1. The zero-order valence-corrected chi connectivity index (χ0v) is 15.1. The second-order valence-electron chi connectivity index (χ2n) is 5.38. The van der Waals surface area contributed by atoms with Crippen molar-refractivity contribution in [3.05, 3.63) is 75.2 Å². The number of nitrogens with one attached hydrogen (secondary N) is 1. The maximum absolute atomic E-state index is 12.2. The van der Waals surface area contributed by atoms with Gasteiger partial charge in [-0.2, -0.15) is 0 Å². The average Bonchev–Trinajstić information content (AvgIpc) is 3.24. The van der Waals surface area contributed by atoms with Crippen molar-refractivity contribution in [1.82, 2.24) is 9.38 Å². The minimum Gasteiger partial charge on any atom is -0.321 e. The first-order valence-corrected chi connectivity index (χ1v) is 9.03. The summed E-state index contributed by atoms with van der Waals surface area (Å²) in [5.41, 5.74) is 2.96. The van der Waals surface area contributed by atoms with Crippen LogP contribution in [0.4, 0.5) is 5.69 Å². The number of nitrogens with zero attached hydrogens (tertiary/aromatic N) is 2. The van der Waals surface area contributed by atoms with Crippen molar-refractivity contribution >= 4 is 51.8 Å². The van der Waals surface area contributed by atoms with Crippen molar-refractivity contribution in [2.45, 2.75) is 0 Å². The van der Waals surface area contributed by atoms with Crippen molar-refractivity contribution in [1.29, 1.82) is 0 Å². The minimum atomic E-state index is -0.128. The first kappa shape index (κ1) is 16.1. The Morgan fingerprint density at radius 2 is 2.00 bits per heavy atom. The summed E-state index contributed by atoms with van der Waals surface area (Å²) in [5.74, 6) is -0.128. The van der Waals surface area contributed by atoms with E-state index in [9.17, 15) is 4.79 Å². The third-order valence-corrected chi connectivity index (χ3v) is 4.99. The van der Waals surface area contributed by atoms with Gasteiger partial charge in [-0.25, -0.2) is 4.98 Å². The van der Waals surface area contributed by atoms with Crippen molar-refractivity contribution in [2.75, 3.05) is 5.32 Å². The Morgan fingerprint density at radius 3 is 2.80 bits per heavy atom. The number of anilines is 1. The molecule has 3 heterocycles. The van der Waals surface area contributed by atoms with E-state index in [1.165, 1.54) is 11.3 Å². The Balaban J connectivity index is 1.67. The first-order chi connectivity index (χ1) is 12.1. The maximum Gasteiger partial charge on any atom is 0.265 e. The normalized spacial score (nSPS) is 11.0. The lowest BCUT2D eigenvalue weighted by molar-refractivity contribution is 0.103. The van der Waals surface area contributed by atoms with Crippen LogP contribution in [0.1, 0.15) is 9.67 Å². The molecule has 1 amide bonds. The third kappa shape index (κ3) is 3.26. The lowest BCUT2D eigenvalue weighted by atomic mass is 10.1. The van der Waals surface area contributed by atoms with E-state index in [2.05, 4.69) is 10.3 Å². The molecular formula is C18H11Cl2N3OS. The molecule has 0 radical (unpaired) electrons. The highest BCUT2D eigenvalue weighted by molar-refractivity contribution is 7.12. The number of halogens is 2. The topological polar surface area (TPSA) is 46.4 Å². The van der Waals surface area contributed by atoms with Gasteiger partial charge in [0, 0.05) is 23.6 Å². The molecule has 0 aliphatic heterocycles. The van der Waals surface area contributed by atoms with Crippen LogP contribution in [0.5, 0.6) is 0 Å². The Bertz CT molecular complexity index is 1070. The third-order valence-electron chi connectivity index (χ3n) is 3.63. The smallest absolute Gasteiger partial charge is 0.265 e. The fourth-order valence-corrected chi connectivity index (χ4v) is 3.67. The molecule has 4 rings (SSSR count). The molecule has 1 N–H and O–H groups in total. The summed E-state index contributed by atoms with van der Waals surface area (Å²) in [7, 11) is 0. The number of rotatable bonds is 3. The SMILES string of the molecule is O=C(Nc1cccc(-c2cn3cc(Cl)cc(Cl)c3n2)c1)c1cccs1. The molecule has 0 unspecified atom stereocenters. The second kappa shape index (κ2) is 6.52. The molecule has 1 aromatic carbocycles. The quantitative estimate of drug-likeness (QED) is 0.495. The van der Waals surface area contributed by atoms with E-state index in [1.807, 2.05) is 41.9 Å². The van der Waals surface area contributed by atoms with Crippen LogP contribution in [0.3, 0.4) is 0 Å². The fourth-order valence-electron chi connectivity index (χ4n) is 2.52. The van der Waals surface area contributed by atoms with E-state index in [-0.39, 0.29) is 5.91 Å². The summed E-state index contributed by atoms with van der Waals surface area (Å²) >= 11 is 13.6. The van der Waals surface area contributed by atoms with E-state index in [4.69, 9.17) is 23.2 Å². The number of hydrogen-bond acceptors (Lipinski definition) is 3. The number of thiophene rings is 1. The van der Waals surface area contributed by atoms with Crippen LogP contribution >= 0.6 is 34.5 Å². The lowest BCUT2D eigenvalue weighted by Crippen LogP contribution is -2.09. The Morgan fingerprint density at radius 1 is 1.12 bits per heavy atom. The summed E-state index contributed by atoms with van der Waals surface area (Å²) in [6.07, 6.45) is 3.61. The molecule has 0 aliphatic carbocycles. The molecular weight excluding hydrogens is 377 g/mol. The van der Waals surface area contributed by atoms with Gasteiger partial charge in [0.1, 0.15) is 0 Å². The van der Waals surface area contributed by atoms with Crippen LogP contribution in [-0.4, -0.2) is 15.3 Å². The summed E-state index contributed by atoms with van der Waals surface area (Å²) in [5, 5.41) is 5.80. The minimum absolute atomic E-state index is 0.128. The molecule has 7 heteroatoms. The number of amides is 1. The van der Waals surface area contributed by atoms with E-state index in [1.54, 1.807) is 22.7 Å². The van der Waals surface area contributed by atoms with Gasteiger partial charge in [-0.1, -0.05) is 41.4 Å². The van der Waals surface area contributed by atoms with Crippen molar-refractivity contribution in [3.8, 4) is 11.3 Å². The lowest BCUT2D eigenvalue weighted by Gasteiger charge is -2.05. The highest BCUT2D eigenvalue weighted by atomic mass is 35.5.